The maximum absolute atomic E-state index is 5.56. The van der Waals surface area contributed by atoms with Crippen molar-refractivity contribution in [1.29, 1.82) is 0 Å². The summed E-state index contributed by atoms with van der Waals surface area (Å²) in [7, 11) is 0. The van der Waals surface area contributed by atoms with Gasteiger partial charge in [-0.3, -0.25) is 0 Å². The molecule has 0 fully saturated rings. The van der Waals surface area contributed by atoms with E-state index < -0.39 is 0 Å². The minimum atomic E-state index is 0.294. The highest BCUT2D eigenvalue weighted by molar-refractivity contribution is 5.16. The Morgan fingerprint density at radius 1 is 1.21 bits per heavy atom. The molecule has 2 rings (SSSR count). The minimum Gasteiger partial charge on any atom is -0.463 e. The second-order valence-electron chi connectivity index (χ2n) is 5.17. The van der Waals surface area contributed by atoms with Crippen molar-refractivity contribution in [3.63, 3.8) is 0 Å². The van der Waals surface area contributed by atoms with Gasteiger partial charge in [0.25, 0.3) is 0 Å². The van der Waals surface area contributed by atoms with Crippen LogP contribution in [0.4, 0.5) is 0 Å². The first-order valence-electron chi connectivity index (χ1n) is 6.74. The summed E-state index contributed by atoms with van der Waals surface area (Å²) in [4.78, 5) is 0. The Morgan fingerprint density at radius 3 is 2.53 bits per heavy atom. The van der Waals surface area contributed by atoms with Crippen molar-refractivity contribution in [1.82, 2.24) is 0 Å². The topological polar surface area (TPSA) is 29.8 Å². The van der Waals surface area contributed by atoms with E-state index >= 15 is 0 Å². The van der Waals surface area contributed by atoms with Crippen molar-refractivity contribution in [2.45, 2.75) is 32.4 Å². The summed E-state index contributed by atoms with van der Waals surface area (Å²) in [6, 6.07) is 15.2. The Hall–Kier alpha value is -1.80. The van der Waals surface area contributed by atoms with Crippen LogP contribution in [0.5, 0.6) is 0 Å². The number of rotatable bonds is 6. The van der Waals surface area contributed by atoms with Crippen LogP contribution < -0.4 is 5.32 Å². The van der Waals surface area contributed by atoms with Gasteiger partial charge in [0, 0.05) is 12.0 Å². The molecule has 100 valence electrons. The molecule has 0 aliphatic carbocycles. The fraction of sp³-hybridized carbons (Fsp3) is 0.294. The number of hydrogen-bond acceptors (Lipinski definition) is 1. The molecule has 0 saturated heterocycles. The molecular weight excluding hydrogens is 234 g/mol. The standard InChI is InChI=1S/C17H21NO/c1-13(2)12-16(17-10-7-11-19-17)18-14(3)15-8-5-4-6-9-15/h4-11,14,16,18H,1,12H2,2-3H3/p+1/t14-,16+/m1/s1. The molecular formula is C17H22NO+. The Morgan fingerprint density at radius 2 is 1.95 bits per heavy atom. The smallest absolute Gasteiger partial charge is 0.161 e. The highest BCUT2D eigenvalue weighted by atomic mass is 16.3. The average Bonchev–Trinajstić information content (AvgIpc) is 2.92. The van der Waals surface area contributed by atoms with Gasteiger partial charge in [0.2, 0.25) is 0 Å². The first-order valence-corrected chi connectivity index (χ1v) is 6.74. The highest BCUT2D eigenvalue weighted by Crippen LogP contribution is 2.19. The van der Waals surface area contributed by atoms with Gasteiger partial charge in [-0.15, -0.1) is 0 Å². The molecule has 0 amide bonds. The highest BCUT2D eigenvalue weighted by Gasteiger charge is 2.21. The van der Waals surface area contributed by atoms with E-state index in [0.717, 1.165) is 12.2 Å². The summed E-state index contributed by atoms with van der Waals surface area (Å²) < 4.78 is 5.56. The fourth-order valence-corrected chi connectivity index (χ4v) is 2.36. The van der Waals surface area contributed by atoms with E-state index in [1.54, 1.807) is 6.26 Å². The van der Waals surface area contributed by atoms with Gasteiger partial charge in [-0.25, -0.2) is 0 Å². The summed E-state index contributed by atoms with van der Waals surface area (Å²) in [6.07, 6.45) is 2.67. The van der Waals surface area contributed by atoms with Gasteiger partial charge in [-0.05, 0) is 26.0 Å². The van der Waals surface area contributed by atoms with Crippen molar-refractivity contribution >= 4 is 0 Å². The van der Waals surface area contributed by atoms with E-state index in [2.05, 4.69) is 50.0 Å². The molecule has 0 bridgehead atoms. The Balaban J connectivity index is 2.10. The maximum atomic E-state index is 5.56. The lowest BCUT2D eigenvalue weighted by atomic mass is 10.0. The monoisotopic (exact) mass is 256 g/mol. The molecule has 1 aromatic carbocycles. The molecule has 0 aliphatic rings. The first kappa shape index (κ1) is 13.6. The third-order valence-corrected chi connectivity index (χ3v) is 3.32. The van der Waals surface area contributed by atoms with Crippen LogP contribution in [0.2, 0.25) is 0 Å². The molecule has 1 heterocycles. The largest absolute Gasteiger partial charge is 0.463 e. The van der Waals surface area contributed by atoms with Gasteiger partial charge >= 0.3 is 0 Å². The Bertz CT molecular complexity index is 501. The third-order valence-electron chi connectivity index (χ3n) is 3.32. The van der Waals surface area contributed by atoms with Crippen LogP contribution in [-0.4, -0.2) is 0 Å². The number of nitrogens with two attached hydrogens (primary N) is 1. The Labute approximate surface area is 115 Å². The maximum Gasteiger partial charge on any atom is 0.161 e. The number of furan rings is 1. The molecule has 2 N–H and O–H groups in total. The van der Waals surface area contributed by atoms with Crippen LogP contribution in [0.15, 0.2) is 65.3 Å². The summed E-state index contributed by atoms with van der Waals surface area (Å²) in [6.45, 7) is 8.32. The van der Waals surface area contributed by atoms with Crippen LogP contribution in [0, 0.1) is 0 Å². The summed E-state index contributed by atoms with van der Waals surface area (Å²) in [5, 5.41) is 2.35. The van der Waals surface area contributed by atoms with E-state index in [1.165, 1.54) is 11.1 Å². The predicted octanol–water partition coefficient (Wildman–Crippen LogP) is 3.61. The fourth-order valence-electron chi connectivity index (χ4n) is 2.36. The van der Waals surface area contributed by atoms with Crippen molar-refractivity contribution in [2.24, 2.45) is 0 Å². The van der Waals surface area contributed by atoms with E-state index in [1.807, 2.05) is 18.2 Å². The van der Waals surface area contributed by atoms with Crippen LogP contribution in [0.3, 0.4) is 0 Å². The molecule has 2 nitrogen and oxygen atoms in total. The predicted molar refractivity (Wildman–Crippen MR) is 77.7 cm³/mol. The minimum absolute atomic E-state index is 0.294. The average molecular weight is 256 g/mol. The molecule has 0 radical (unpaired) electrons. The molecule has 2 aromatic rings. The molecule has 1 aromatic heterocycles. The molecule has 0 aliphatic heterocycles. The van der Waals surface area contributed by atoms with Crippen molar-refractivity contribution in [3.05, 3.63) is 72.2 Å². The van der Waals surface area contributed by atoms with E-state index in [9.17, 15) is 0 Å². The van der Waals surface area contributed by atoms with Gasteiger partial charge in [0.15, 0.2) is 5.76 Å². The zero-order chi connectivity index (χ0) is 13.7. The van der Waals surface area contributed by atoms with E-state index in [4.69, 9.17) is 4.42 Å². The molecule has 0 saturated carbocycles. The summed E-state index contributed by atoms with van der Waals surface area (Å²) >= 11 is 0. The summed E-state index contributed by atoms with van der Waals surface area (Å²) in [5.74, 6) is 1.02. The van der Waals surface area contributed by atoms with Gasteiger partial charge < -0.3 is 9.73 Å². The lowest BCUT2D eigenvalue weighted by Crippen LogP contribution is -2.85. The van der Waals surface area contributed by atoms with Crippen LogP contribution >= 0.6 is 0 Å². The first-order chi connectivity index (χ1) is 9.16. The van der Waals surface area contributed by atoms with Gasteiger partial charge in [0.1, 0.15) is 12.1 Å². The van der Waals surface area contributed by atoms with Crippen molar-refractivity contribution in [2.75, 3.05) is 0 Å². The lowest BCUT2D eigenvalue weighted by molar-refractivity contribution is -0.732. The Kier molecular flexibility index (Phi) is 4.58. The van der Waals surface area contributed by atoms with Crippen LogP contribution in [0.1, 0.15) is 43.7 Å². The SMILES string of the molecule is C=C(C)C[C@H]([NH2+][C@H](C)c1ccccc1)c1ccco1. The van der Waals surface area contributed by atoms with E-state index in [-0.39, 0.29) is 0 Å². The molecule has 2 heteroatoms. The lowest BCUT2D eigenvalue weighted by Gasteiger charge is -2.19. The quantitative estimate of drug-likeness (QED) is 0.786. The van der Waals surface area contributed by atoms with Crippen molar-refractivity contribution < 1.29 is 9.73 Å². The third kappa shape index (κ3) is 3.83. The van der Waals surface area contributed by atoms with E-state index in [0.29, 0.717) is 12.1 Å². The summed E-state index contributed by atoms with van der Waals surface area (Å²) in [5.41, 5.74) is 2.51. The number of hydrogen-bond donors (Lipinski definition) is 1. The zero-order valence-electron chi connectivity index (χ0n) is 11.7. The molecule has 2 atom stereocenters. The van der Waals surface area contributed by atoms with Gasteiger partial charge in [-0.1, -0.05) is 42.5 Å². The van der Waals surface area contributed by atoms with Gasteiger partial charge in [0.05, 0.1) is 6.26 Å². The second kappa shape index (κ2) is 6.39. The zero-order valence-corrected chi connectivity index (χ0v) is 11.7. The molecule has 0 unspecified atom stereocenters. The van der Waals surface area contributed by atoms with Crippen LogP contribution in [-0.2, 0) is 0 Å². The number of quaternary nitrogens is 1. The molecule has 19 heavy (non-hydrogen) atoms. The number of benzene rings is 1. The van der Waals surface area contributed by atoms with Crippen LogP contribution in [0.25, 0.3) is 0 Å². The molecule has 0 spiro atoms. The van der Waals surface area contributed by atoms with Gasteiger partial charge in [-0.2, -0.15) is 0 Å². The normalized spacial score (nSPS) is 14.0. The second-order valence-corrected chi connectivity index (χ2v) is 5.17. The van der Waals surface area contributed by atoms with Crippen molar-refractivity contribution in [3.8, 4) is 0 Å².